The molecule has 0 bridgehead atoms. The van der Waals surface area contributed by atoms with Gasteiger partial charge in [0.15, 0.2) is 0 Å². The van der Waals surface area contributed by atoms with E-state index in [0.29, 0.717) is 0 Å². The Morgan fingerprint density at radius 1 is 1.21 bits per heavy atom. The minimum absolute atomic E-state index is 0.0582. The van der Waals surface area contributed by atoms with Crippen LogP contribution in [0.15, 0.2) is 29.9 Å². The van der Waals surface area contributed by atoms with Crippen LogP contribution >= 0.6 is 35.1 Å². The molecule has 2 aromatic rings. The molecule has 1 aliphatic rings. The summed E-state index contributed by atoms with van der Waals surface area (Å²) in [6.07, 6.45) is 5.68. The number of hydrogen-bond donors (Lipinski definition) is 1. The molecule has 0 unspecified atom stereocenters. The Balaban J connectivity index is 1.80. The number of hydrogen-bond acceptors (Lipinski definition) is 7. The van der Waals surface area contributed by atoms with Crippen molar-refractivity contribution in [1.29, 1.82) is 0 Å². The molecule has 130 valence electrons. The molecule has 0 saturated carbocycles. The Labute approximate surface area is 156 Å². The molecular formula is C17H23N3OS3. The Bertz CT molecular complexity index is 649. The lowest BCUT2D eigenvalue weighted by Gasteiger charge is -2.35. The minimum Gasteiger partial charge on any atom is -0.265 e. The molecule has 0 amide bonds. The molecule has 1 N–H and O–H groups in total. The van der Waals surface area contributed by atoms with Crippen LogP contribution in [0, 0.1) is 0 Å². The van der Waals surface area contributed by atoms with E-state index >= 15 is 0 Å². The van der Waals surface area contributed by atoms with E-state index in [9.17, 15) is 0 Å². The highest BCUT2D eigenvalue weighted by Crippen LogP contribution is 2.40. The molecule has 0 atom stereocenters. The van der Waals surface area contributed by atoms with Crippen molar-refractivity contribution in [1.82, 2.24) is 15.4 Å². The van der Waals surface area contributed by atoms with Gasteiger partial charge in [-0.15, -0.1) is 11.3 Å². The van der Waals surface area contributed by atoms with E-state index in [2.05, 4.69) is 36.6 Å². The summed E-state index contributed by atoms with van der Waals surface area (Å²) in [4.78, 5) is 9.00. The Morgan fingerprint density at radius 2 is 1.92 bits per heavy atom. The van der Waals surface area contributed by atoms with Crippen LogP contribution in [0.1, 0.15) is 38.6 Å². The van der Waals surface area contributed by atoms with Crippen LogP contribution in [-0.2, 0) is 9.82 Å². The first kappa shape index (κ1) is 18.2. The SMILES string of the molecule is CC(C)(C)SONC1(c2nc(-c3ccncc3)cs2)CCSCC1. The largest absolute Gasteiger partial charge is 0.265 e. The van der Waals surface area contributed by atoms with E-state index in [-0.39, 0.29) is 10.3 Å². The maximum Gasteiger partial charge on any atom is 0.116 e. The molecular weight excluding hydrogens is 358 g/mol. The summed E-state index contributed by atoms with van der Waals surface area (Å²) < 4.78 is 5.88. The molecule has 0 aliphatic carbocycles. The third-order valence-corrected chi connectivity index (χ3v) is 6.46. The van der Waals surface area contributed by atoms with Crippen molar-refractivity contribution in [3.8, 4) is 11.3 Å². The minimum atomic E-state index is -0.181. The fraction of sp³-hybridized carbons (Fsp3) is 0.529. The van der Waals surface area contributed by atoms with Gasteiger partial charge in [-0.1, -0.05) is 0 Å². The molecule has 1 fully saturated rings. The topological polar surface area (TPSA) is 47.0 Å². The fourth-order valence-electron chi connectivity index (χ4n) is 2.45. The van der Waals surface area contributed by atoms with E-state index in [1.54, 1.807) is 11.3 Å². The smallest absolute Gasteiger partial charge is 0.116 e. The van der Waals surface area contributed by atoms with Crippen molar-refractivity contribution in [2.75, 3.05) is 11.5 Å². The predicted octanol–water partition coefficient (Wildman–Crippen LogP) is 4.90. The summed E-state index contributed by atoms with van der Waals surface area (Å²) in [5.41, 5.74) is 5.30. The van der Waals surface area contributed by atoms with E-state index < -0.39 is 0 Å². The zero-order valence-corrected chi connectivity index (χ0v) is 16.7. The molecule has 0 spiro atoms. The molecule has 0 radical (unpaired) electrons. The van der Waals surface area contributed by atoms with Gasteiger partial charge in [-0.05, 0) is 57.3 Å². The van der Waals surface area contributed by atoms with Crippen molar-refractivity contribution in [3.63, 3.8) is 0 Å². The van der Waals surface area contributed by atoms with Crippen LogP contribution in [0.2, 0.25) is 0 Å². The number of nitrogens with one attached hydrogen (secondary N) is 1. The quantitative estimate of drug-likeness (QED) is 0.587. The highest BCUT2D eigenvalue weighted by Gasteiger charge is 2.38. The van der Waals surface area contributed by atoms with Crippen LogP contribution in [0.3, 0.4) is 0 Å². The number of thioether (sulfide) groups is 1. The molecule has 4 nitrogen and oxygen atoms in total. The van der Waals surface area contributed by atoms with E-state index in [4.69, 9.17) is 9.27 Å². The fourth-order valence-corrected chi connectivity index (χ4v) is 5.13. The molecule has 0 aromatic carbocycles. The number of pyridine rings is 1. The Hall–Kier alpha value is -0.600. The number of nitrogens with zero attached hydrogens (tertiary/aromatic N) is 2. The van der Waals surface area contributed by atoms with Crippen molar-refractivity contribution in [3.05, 3.63) is 34.9 Å². The van der Waals surface area contributed by atoms with Crippen LogP contribution in [0.5, 0.6) is 0 Å². The number of aromatic nitrogens is 2. The summed E-state index contributed by atoms with van der Waals surface area (Å²) in [5.74, 6) is 2.25. The first-order valence-corrected chi connectivity index (χ1v) is 10.8. The van der Waals surface area contributed by atoms with Crippen molar-refractivity contribution >= 4 is 35.1 Å². The lowest BCUT2D eigenvalue weighted by Crippen LogP contribution is -2.44. The lowest BCUT2D eigenvalue weighted by atomic mass is 9.94. The zero-order chi connectivity index (χ0) is 17.0. The van der Waals surface area contributed by atoms with Gasteiger partial charge in [0.2, 0.25) is 0 Å². The summed E-state index contributed by atoms with van der Waals surface area (Å²) in [7, 11) is 0. The molecule has 24 heavy (non-hydrogen) atoms. The number of thiazole rings is 1. The van der Waals surface area contributed by atoms with Crippen LogP contribution in [0.25, 0.3) is 11.3 Å². The predicted molar refractivity (Wildman–Crippen MR) is 105 cm³/mol. The maximum absolute atomic E-state index is 5.82. The van der Waals surface area contributed by atoms with Gasteiger partial charge < -0.3 is 0 Å². The van der Waals surface area contributed by atoms with Crippen molar-refractivity contribution in [2.45, 2.75) is 43.9 Å². The second-order valence-corrected chi connectivity index (χ2v) is 10.5. The van der Waals surface area contributed by atoms with Gasteiger partial charge in [0.25, 0.3) is 0 Å². The lowest BCUT2D eigenvalue weighted by molar-refractivity contribution is 0.0992. The average Bonchev–Trinajstić information content (AvgIpc) is 3.06. The van der Waals surface area contributed by atoms with Crippen LogP contribution in [0.4, 0.5) is 0 Å². The second-order valence-electron chi connectivity index (χ2n) is 6.85. The summed E-state index contributed by atoms with van der Waals surface area (Å²) in [5, 5.41) is 3.25. The standard InChI is InChI=1S/C17H23N3OS3/c1-16(2,3)24-21-20-17(6-10-22-11-7-17)15-19-14(12-23-15)13-4-8-18-9-5-13/h4-5,8-9,12,20H,6-7,10-11H2,1-3H3. The van der Waals surface area contributed by atoms with Gasteiger partial charge >= 0.3 is 0 Å². The van der Waals surface area contributed by atoms with E-state index in [1.807, 2.05) is 36.3 Å². The molecule has 3 rings (SSSR count). The molecule has 1 aliphatic heterocycles. The monoisotopic (exact) mass is 381 g/mol. The first-order chi connectivity index (χ1) is 11.5. The average molecular weight is 382 g/mol. The Morgan fingerprint density at radius 3 is 2.58 bits per heavy atom. The molecule has 2 aromatic heterocycles. The number of rotatable bonds is 5. The molecule has 7 heteroatoms. The Kier molecular flexibility index (Phi) is 5.87. The molecule has 3 heterocycles. The summed E-state index contributed by atoms with van der Waals surface area (Å²) in [6.45, 7) is 6.44. The maximum atomic E-state index is 5.82. The van der Waals surface area contributed by atoms with Gasteiger partial charge in [-0.2, -0.15) is 17.2 Å². The van der Waals surface area contributed by atoms with Crippen molar-refractivity contribution < 1.29 is 4.28 Å². The third kappa shape index (κ3) is 4.52. The van der Waals surface area contributed by atoms with Gasteiger partial charge in [0.1, 0.15) is 5.01 Å². The highest BCUT2D eigenvalue weighted by atomic mass is 32.2. The van der Waals surface area contributed by atoms with Gasteiger partial charge in [-0.25, -0.2) is 9.27 Å². The summed E-state index contributed by atoms with van der Waals surface area (Å²) in [6, 6.07) is 4.00. The normalized spacial score (nSPS) is 17.8. The van der Waals surface area contributed by atoms with Gasteiger partial charge in [-0.3, -0.25) is 4.98 Å². The van der Waals surface area contributed by atoms with Crippen molar-refractivity contribution in [2.24, 2.45) is 0 Å². The highest BCUT2D eigenvalue weighted by molar-refractivity contribution is 7.99. The molecule has 1 saturated heterocycles. The number of hydroxylamine groups is 1. The van der Waals surface area contributed by atoms with E-state index in [0.717, 1.165) is 40.6 Å². The third-order valence-electron chi connectivity index (χ3n) is 3.76. The second kappa shape index (κ2) is 7.74. The van der Waals surface area contributed by atoms with Crippen LogP contribution in [-0.4, -0.2) is 26.2 Å². The van der Waals surface area contributed by atoms with Crippen LogP contribution < -0.4 is 5.48 Å². The summed E-state index contributed by atoms with van der Waals surface area (Å²) >= 11 is 5.19. The zero-order valence-electron chi connectivity index (χ0n) is 14.2. The van der Waals surface area contributed by atoms with Gasteiger partial charge in [0, 0.05) is 40.1 Å². The first-order valence-electron chi connectivity index (χ1n) is 8.05. The van der Waals surface area contributed by atoms with Gasteiger partial charge in [0.05, 0.1) is 11.2 Å². The van der Waals surface area contributed by atoms with E-state index in [1.165, 1.54) is 12.0 Å².